The van der Waals surface area contributed by atoms with Gasteiger partial charge in [0.1, 0.15) is 12.2 Å². The molecule has 0 saturated carbocycles. The summed E-state index contributed by atoms with van der Waals surface area (Å²) in [5.41, 5.74) is 0. The molecule has 2 aromatic rings. The number of sulfonamides is 1. The van der Waals surface area contributed by atoms with Gasteiger partial charge < -0.3 is 14.2 Å². The van der Waals surface area contributed by atoms with E-state index in [0.717, 1.165) is 6.33 Å². The average Bonchev–Trinajstić information content (AvgIpc) is 2.64. The lowest BCUT2D eigenvalue weighted by Gasteiger charge is -2.15. The molecule has 0 fully saturated rings. The predicted molar refractivity (Wildman–Crippen MR) is 95.2 cm³/mol. The highest BCUT2D eigenvalue weighted by Gasteiger charge is 2.34. The molecule has 0 saturated heterocycles. The third-order valence-corrected chi connectivity index (χ3v) is 4.36. The molecule has 2 amide bonds. The van der Waals surface area contributed by atoms with Crippen LogP contribution in [0.2, 0.25) is 0 Å². The van der Waals surface area contributed by atoms with Gasteiger partial charge in [-0.1, -0.05) is 0 Å². The summed E-state index contributed by atoms with van der Waals surface area (Å²) < 4.78 is 78.8. The Bertz CT molecular complexity index is 1050. The molecule has 17 heteroatoms. The van der Waals surface area contributed by atoms with Crippen LogP contribution in [0.5, 0.6) is 17.8 Å². The van der Waals surface area contributed by atoms with Gasteiger partial charge in [-0.15, -0.1) is 0 Å². The van der Waals surface area contributed by atoms with Gasteiger partial charge in [0.2, 0.25) is 22.6 Å². The molecule has 170 valence electrons. The van der Waals surface area contributed by atoms with Gasteiger partial charge in [-0.05, 0) is 13.8 Å². The standard InChI is InChI=1S/C14H16F3N7O6S/c1-4-29-9-8(10(19-6-18-9)30-5-14(15,16)17)31(26,27)24-12(25)22-11-20-7(2)21-13(23-11)28-3/h6H,4-5H2,1-3H3,(H2,20,21,22,23,24,25). The SMILES string of the molecule is CCOc1ncnc(OCC(F)(F)F)c1S(=O)(=O)NC(=O)Nc1nc(C)nc(OC)n1. The minimum Gasteiger partial charge on any atom is -0.477 e. The molecule has 2 N–H and O–H groups in total. The summed E-state index contributed by atoms with van der Waals surface area (Å²) >= 11 is 0. The third kappa shape index (κ3) is 6.76. The Morgan fingerprint density at radius 1 is 1.13 bits per heavy atom. The summed E-state index contributed by atoms with van der Waals surface area (Å²) in [7, 11) is -3.60. The number of aryl methyl sites for hydroxylation is 1. The van der Waals surface area contributed by atoms with Crippen LogP contribution in [0.15, 0.2) is 11.2 Å². The van der Waals surface area contributed by atoms with Crippen molar-refractivity contribution in [3.63, 3.8) is 0 Å². The first-order valence-corrected chi connectivity index (χ1v) is 9.71. The second-order valence-electron chi connectivity index (χ2n) is 5.40. The highest BCUT2D eigenvalue weighted by Crippen LogP contribution is 2.30. The van der Waals surface area contributed by atoms with Crippen molar-refractivity contribution >= 4 is 22.0 Å². The number of alkyl halides is 3. The first-order chi connectivity index (χ1) is 14.4. The van der Waals surface area contributed by atoms with E-state index in [0.29, 0.717) is 0 Å². The lowest BCUT2D eigenvalue weighted by molar-refractivity contribution is -0.154. The number of methoxy groups -OCH3 is 1. The van der Waals surface area contributed by atoms with Gasteiger partial charge in [0.05, 0.1) is 13.7 Å². The molecule has 0 aliphatic rings. The van der Waals surface area contributed by atoms with Gasteiger partial charge in [0, 0.05) is 0 Å². The van der Waals surface area contributed by atoms with Crippen molar-refractivity contribution in [2.45, 2.75) is 24.9 Å². The quantitative estimate of drug-likeness (QED) is 0.564. The van der Waals surface area contributed by atoms with Gasteiger partial charge in [-0.3, -0.25) is 5.32 Å². The van der Waals surface area contributed by atoms with E-state index in [-0.39, 0.29) is 24.4 Å². The van der Waals surface area contributed by atoms with E-state index in [1.54, 1.807) is 4.72 Å². The lowest BCUT2D eigenvalue weighted by Crippen LogP contribution is -2.36. The van der Waals surface area contributed by atoms with E-state index < -0.39 is 45.5 Å². The molecular formula is C14H16F3N7O6S. The van der Waals surface area contributed by atoms with Crippen LogP contribution in [0.4, 0.5) is 23.9 Å². The van der Waals surface area contributed by atoms with Gasteiger partial charge in [0.15, 0.2) is 6.61 Å². The second kappa shape index (κ2) is 9.54. The zero-order chi connectivity index (χ0) is 23.2. The van der Waals surface area contributed by atoms with Crippen LogP contribution in [-0.2, 0) is 10.0 Å². The molecule has 2 aromatic heterocycles. The Labute approximate surface area is 173 Å². The lowest BCUT2D eigenvalue weighted by atomic mass is 10.6. The first-order valence-electron chi connectivity index (χ1n) is 8.23. The number of ether oxygens (including phenoxy) is 3. The summed E-state index contributed by atoms with van der Waals surface area (Å²) in [6, 6.07) is -1.50. The number of urea groups is 1. The fraction of sp³-hybridized carbons (Fsp3) is 0.429. The number of hydrogen-bond acceptors (Lipinski definition) is 11. The number of anilines is 1. The molecule has 0 aliphatic carbocycles. The number of carbonyl (C=O) groups excluding carboxylic acids is 1. The maximum Gasteiger partial charge on any atom is 0.422 e. The monoisotopic (exact) mass is 467 g/mol. The van der Waals surface area contributed by atoms with E-state index in [1.807, 2.05) is 5.32 Å². The average molecular weight is 467 g/mol. The molecule has 0 aliphatic heterocycles. The van der Waals surface area contributed by atoms with E-state index >= 15 is 0 Å². The van der Waals surface area contributed by atoms with Gasteiger partial charge >= 0.3 is 18.2 Å². The number of aromatic nitrogens is 5. The van der Waals surface area contributed by atoms with Crippen LogP contribution >= 0.6 is 0 Å². The van der Waals surface area contributed by atoms with Crippen molar-refractivity contribution in [1.82, 2.24) is 29.6 Å². The Morgan fingerprint density at radius 3 is 2.35 bits per heavy atom. The van der Waals surface area contributed by atoms with Gasteiger partial charge in [-0.2, -0.15) is 28.1 Å². The Kier molecular flexibility index (Phi) is 7.32. The summed E-state index contributed by atoms with van der Waals surface area (Å²) in [6.07, 6.45) is -4.03. The second-order valence-corrected chi connectivity index (χ2v) is 7.02. The molecule has 0 unspecified atom stereocenters. The molecule has 2 heterocycles. The summed E-state index contributed by atoms with van der Waals surface area (Å²) in [6.45, 7) is 1.01. The van der Waals surface area contributed by atoms with Crippen molar-refractivity contribution in [3.8, 4) is 17.8 Å². The van der Waals surface area contributed by atoms with Crippen molar-refractivity contribution in [3.05, 3.63) is 12.2 Å². The zero-order valence-electron chi connectivity index (χ0n) is 16.2. The van der Waals surface area contributed by atoms with Crippen LogP contribution in [0.1, 0.15) is 12.7 Å². The minimum atomic E-state index is -4.86. The van der Waals surface area contributed by atoms with Crippen molar-refractivity contribution in [2.75, 3.05) is 25.6 Å². The molecule has 2 rings (SSSR count). The maximum absolute atomic E-state index is 12.7. The van der Waals surface area contributed by atoms with Crippen LogP contribution in [0.3, 0.4) is 0 Å². The molecule has 0 aromatic carbocycles. The molecule has 0 radical (unpaired) electrons. The fourth-order valence-electron chi connectivity index (χ4n) is 1.97. The molecule has 13 nitrogen and oxygen atoms in total. The number of nitrogens with one attached hydrogen (secondary N) is 2. The molecular weight excluding hydrogens is 451 g/mol. The third-order valence-electron chi connectivity index (χ3n) is 3.02. The van der Waals surface area contributed by atoms with E-state index in [2.05, 4.69) is 29.7 Å². The van der Waals surface area contributed by atoms with Gasteiger partial charge in [-0.25, -0.2) is 27.9 Å². The van der Waals surface area contributed by atoms with Crippen molar-refractivity contribution in [1.29, 1.82) is 0 Å². The molecule has 31 heavy (non-hydrogen) atoms. The summed E-state index contributed by atoms with van der Waals surface area (Å²) in [4.78, 5) is 29.4. The molecule has 0 spiro atoms. The summed E-state index contributed by atoms with van der Waals surface area (Å²) in [5.74, 6) is -1.77. The predicted octanol–water partition coefficient (Wildman–Crippen LogP) is 0.829. The van der Waals surface area contributed by atoms with Crippen LogP contribution in [-0.4, -0.2) is 65.9 Å². The minimum absolute atomic E-state index is 0.0889. The van der Waals surface area contributed by atoms with Gasteiger partial charge in [0.25, 0.3) is 10.0 Å². The van der Waals surface area contributed by atoms with Crippen LogP contribution in [0.25, 0.3) is 0 Å². The molecule has 0 atom stereocenters. The number of carbonyl (C=O) groups is 1. The number of amides is 2. The van der Waals surface area contributed by atoms with Crippen LogP contribution in [0, 0.1) is 6.92 Å². The fourth-order valence-corrected chi connectivity index (χ4v) is 3.05. The topological polar surface area (TPSA) is 167 Å². The Morgan fingerprint density at radius 2 is 1.77 bits per heavy atom. The highest BCUT2D eigenvalue weighted by atomic mass is 32.2. The smallest absolute Gasteiger partial charge is 0.422 e. The number of hydrogen-bond donors (Lipinski definition) is 2. The first kappa shape index (κ1) is 23.8. The molecule has 0 bridgehead atoms. The normalized spacial score (nSPS) is 11.5. The Hall–Kier alpha value is -3.50. The highest BCUT2D eigenvalue weighted by molar-refractivity contribution is 7.90. The van der Waals surface area contributed by atoms with E-state index in [9.17, 15) is 26.4 Å². The number of halogens is 3. The van der Waals surface area contributed by atoms with E-state index in [4.69, 9.17) is 9.47 Å². The Balaban J connectivity index is 2.33. The van der Waals surface area contributed by atoms with Crippen molar-refractivity contribution in [2.24, 2.45) is 0 Å². The number of nitrogens with zero attached hydrogens (tertiary/aromatic N) is 5. The van der Waals surface area contributed by atoms with E-state index in [1.165, 1.54) is 21.0 Å². The van der Waals surface area contributed by atoms with Crippen LogP contribution < -0.4 is 24.2 Å². The van der Waals surface area contributed by atoms with Crippen molar-refractivity contribution < 1.29 is 40.6 Å². The number of rotatable bonds is 8. The maximum atomic E-state index is 12.7. The zero-order valence-corrected chi connectivity index (χ0v) is 17.0. The largest absolute Gasteiger partial charge is 0.477 e. The summed E-state index contributed by atoms with van der Waals surface area (Å²) in [5, 5.41) is 2.04.